The molecule has 2 N–H and O–H groups in total. The third-order valence-corrected chi connectivity index (χ3v) is 3.90. The molecule has 4 nitrogen and oxygen atoms in total. The molecule has 1 aromatic heterocycles. The highest BCUT2D eigenvalue weighted by Gasteiger charge is 2.18. The number of rotatable bonds is 5. The third-order valence-electron chi connectivity index (χ3n) is 3.05. The molecule has 0 aliphatic carbocycles. The monoisotopic (exact) mass is 291 g/mol. The fraction of sp³-hybridized carbons (Fsp3) is 0.333. The van der Waals surface area contributed by atoms with Gasteiger partial charge < -0.3 is 19.9 Å². The van der Waals surface area contributed by atoms with Crippen LogP contribution in [0.4, 0.5) is 0 Å². The number of hydrogen-bond donors (Lipinski definition) is 1. The number of fused-ring (bicyclic) bond motifs is 1. The van der Waals surface area contributed by atoms with Crippen molar-refractivity contribution in [1.82, 2.24) is 0 Å². The average Bonchev–Trinajstić information content (AvgIpc) is 3.05. The van der Waals surface area contributed by atoms with Gasteiger partial charge in [0.05, 0.1) is 0 Å². The molecular formula is C15H17NO3S. The van der Waals surface area contributed by atoms with Crippen LogP contribution in [0, 0.1) is 0 Å². The second kappa shape index (κ2) is 5.73. The molecule has 1 aromatic carbocycles. The smallest absolute Gasteiger partial charge is 0.231 e. The van der Waals surface area contributed by atoms with E-state index in [9.17, 15) is 0 Å². The predicted octanol–water partition coefficient (Wildman–Crippen LogP) is 2.95. The molecule has 0 saturated carbocycles. The summed E-state index contributed by atoms with van der Waals surface area (Å²) in [6.07, 6.45) is 0.746. The van der Waals surface area contributed by atoms with Crippen LogP contribution in [0.15, 0.2) is 29.6 Å². The minimum Gasteiger partial charge on any atom is -0.488 e. The number of nitrogens with two attached hydrogens (primary N) is 1. The van der Waals surface area contributed by atoms with E-state index in [1.165, 1.54) is 4.88 Å². The molecule has 2 aromatic rings. The molecule has 1 aliphatic rings. The van der Waals surface area contributed by atoms with Crippen LogP contribution in [0.2, 0.25) is 0 Å². The topological polar surface area (TPSA) is 53.7 Å². The molecule has 2 heterocycles. The van der Waals surface area contributed by atoms with Crippen molar-refractivity contribution in [2.24, 2.45) is 5.73 Å². The molecule has 1 aliphatic heterocycles. The van der Waals surface area contributed by atoms with Gasteiger partial charge in [-0.15, -0.1) is 11.3 Å². The quantitative estimate of drug-likeness (QED) is 0.920. The molecule has 0 fully saturated rings. The van der Waals surface area contributed by atoms with Crippen molar-refractivity contribution in [2.45, 2.75) is 26.0 Å². The van der Waals surface area contributed by atoms with Crippen LogP contribution in [-0.4, -0.2) is 12.8 Å². The van der Waals surface area contributed by atoms with Crippen molar-refractivity contribution >= 4 is 11.3 Å². The summed E-state index contributed by atoms with van der Waals surface area (Å²) in [4.78, 5) is 1.19. The van der Waals surface area contributed by atoms with E-state index in [-0.39, 0.29) is 12.8 Å². The first kappa shape index (κ1) is 13.3. The number of thiophene rings is 1. The molecule has 3 rings (SSSR count). The molecular weight excluding hydrogens is 274 g/mol. The predicted molar refractivity (Wildman–Crippen MR) is 78.6 cm³/mol. The van der Waals surface area contributed by atoms with E-state index in [0.717, 1.165) is 29.2 Å². The van der Waals surface area contributed by atoms with Crippen molar-refractivity contribution < 1.29 is 14.2 Å². The Morgan fingerprint density at radius 2 is 2.15 bits per heavy atom. The molecule has 5 heteroatoms. The summed E-state index contributed by atoms with van der Waals surface area (Å²) >= 11 is 1.68. The molecule has 0 bridgehead atoms. The Bertz CT molecular complexity index is 581. The first-order valence-electron chi connectivity index (χ1n) is 6.55. The maximum absolute atomic E-state index is 5.93. The fourth-order valence-electron chi connectivity index (χ4n) is 2.15. The molecule has 0 spiro atoms. The van der Waals surface area contributed by atoms with Crippen LogP contribution in [-0.2, 0) is 13.0 Å². The summed E-state index contributed by atoms with van der Waals surface area (Å²) in [5.74, 6) is 2.32. The van der Waals surface area contributed by atoms with Crippen LogP contribution in [0.25, 0.3) is 0 Å². The van der Waals surface area contributed by atoms with Gasteiger partial charge in [-0.3, -0.25) is 0 Å². The van der Waals surface area contributed by atoms with Crippen LogP contribution < -0.4 is 19.9 Å². The van der Waals surface area contributed by atoms with Gasteiger partial charge >= 0.3 is 0 Å². The lowest BCUT2D eigenvalue weighted by molar-refractivity contribution is 0.173. The van der Waals surface area contributed by atoms with Gasteiger partial charge in [0, 0.05) is 17.0 Å². The Morgan fingerprint density at radius 1 is 1.35 bits per heavy atom. The lowest BCUT2D eigenvalue weighted by atomic mass is 10.1. The van der Waals surface area contributed by atoms with Gasteiger partial charge in [-0.1, -0.05) is 6.07 Å². The average molecular weight is 291 g/mol. The molecule has 1 atom stereocenters. The Labute approximate surface area is 122 Å². The Morgan fingerprint density at radius 3 is 2.85 bits per heavy atom. The zero-order valence-electron chi connectivity index (χ0n) is 11.3. The van der Waals surface area contributed by atoms with Crippen LogP contribution in [0.3, 0.4) is 0 Å². The SMILES string of the molecule is CC(N)Cc1cc2c(cc1OCc1cccs1)OCO2. The standard InChI is InChI=1S/C15H17NO3S/c1-10(16)5-11-6-14-15(19-9-18-14)7-13(11)17-8-12-3-2-4-20-12/h2-4,6-7,10H,5,8-9,16H2,1H3. The highest BCUT2D eigenvalue weighted by Crippen LogP contribution is 2.38. The van der Waals surface area contributed by atoms with Crippen molar-refractivity contribution in [2.75, 3.05) is 6.79 Å². The van der Waals surface area contributed by atoms with Crippen LogP contribution >= 0.6 is 11.3 Å². The van der Waals surface area contributed by atoms with E-state index in [1.807, 2.05) is 30.5 Å². The van der Waals surface area contributed by atoms with E-state index in [2.05, 4.69) is 6.07 Å². The Balaban J connectivity index is 1.83. The lowest BCUT2D eigenvalue weighted by Crippen LogP contribution is -2.18. The summed E-state index contributed by atoms with van der Waals surface area (Å²) in [5, 5.41) is 2.04. The first-order chi connectivity index (χ1) is 9.72. The second-order valence-electron chi connectivity index (χ2n) is 4.86. The van der Waals surface area contributed by atoms with Gasteiger partial charge in [-0.25, -0.2) is 0 Å². The molecule has 0 amide bonds. The van der Waals surface area contributed by atoms with Gasteiger partial charge in [0.1, 0.15) is 12.4 Å². The zero-order chi connectivity index (χ0) is 13.9. The van der Waals surface area contributed by atoms with Crippen molar-refractivity contribution in [3.8, 4) is 17.2 Å². The minimum absolute atomic E-state index is 0.0689. The number of benzene rings is 1. The van der Waals surface area contributed by atoms with Crippen LogP contribution in [0.1, 0.15) is 17.4 Å². The Hall–Kier alpha value is -1.72. The summed E-state index contributed by atoms with van der Waals surface area (Å²) in [7, 11) is 0. The van der Waals surface area contributed by atoms with E-state index < -0.39 is 0 Å². The van der Waals surface area contributed by atoms with Gasteiger partial charge in [-0.2, -0.15) is 0 Å². The maximum atomic E-state index is 5.93. The first-order valence-corrected chi connectivity index (χ1v) is 7.43. The summed E-state index contributed by atoms with van der Waals surface area (Å²) in [6.45, 7) is 2.80. The van der Waals surface area contributed by atoms with Gasteiger partial charge in [0.2, 0.25) is 6.79 Å². The van der Waals surface area contributed by atoms with Gasteiger partial charge in [-0.05, 0) is 36.4 Å². The van der Waals surface area contributed by atoms with E-state index in [0.29, 0.717) is 6.61 Å². The van der Waals surface area contributed by atoms with Crippen molar-refractivity contribution in [3.05, 3.63) is 40.1 Å². The minimum atomic E-state index is 0.0689. The lowest BCUT2D eigenvalue weighted by Gasteiger charge is -2.13. The van der Waals surface area contributed by atoms with Gasteiger partial charge in [0.15, 0.2) is 11.5 Å². The van der Waals surface area contributed by atoms with Crippen molar-refractivity contribution in [1.29, 1.82) is 0 Å². The highest BCUT2D eigenvalue weighted by molar-refractivity contribution is 7.09. The highest BCUT2D eigenvalue weighted by atomic mass is 32.1. The molecule has 1 unspecified atom stereocenters. The fourth-order valence-corrected chi connectivity index (χ4v) is 2.77. The number of hydrogen-bond acceptors (Lipinski definition) is 5. The zero-order valence-corrected chi connectivity index (χ0v) is 12.1. The largest absolute Gasteiger partial charge is 0.488 e. The van der Waals surface area contributed by atoms with Crippen molar-refractivity contribution in [3.63, 3.8) is 0 Å². The molecule has 20 heavy (non-hydrogen) atoms. The van der Waals surface area contributed by atoms with E-state index in [1.54, 1.807) is 11.3 Å². The van der Waals surface area contributed by atoms with E-state index >= 15 is 0 Å². The third kappa shape index (κ3) is 2.89. The second-order valence-corrected chi connectivity index (χ2v) is 5.89. The Kier molecular flexibility index (Phi) is 3.80. The summed E-state index contributed by atoms with van der Waals surface area (Å²) in [5.41, 5.74) is 6.96. The van der Waals surface area contributed by atoms with Gasteiger partial charge in [0.25, 0.3) is 0 Å². The molecule has 0 saturated heterocycles. The van der Waals surface area contributed by atoms with Crippen LogP contribution in [0.5, 0.6) is 17.2 Å². The summed E-state index contributed by atoms with van der Waals surface area (Å²) in [6, 6.07) is 8.01. The number of ether oxygens (including phenoxy) is 3. The summed E-state index contributed by atoms with van der Waals surface area (Å²) < 4.78 is 16.7. The molecule has 106 valence electrons. The normalized spacial score (nSPS) is 14.3. The van der Waals surface area contributed by atoms with E-state index in [4.69, 9.17) is 19.9 Å². The molecule has 0 radical (unpaired) electrons. The maximum Gasteiger partial charge on any atom is 0.231 e.